The molecule has 0 bridgehead atoms. The van der Waals surface area contributed by atoms with Crippen LogP contribution in [0.15, 0.2) is 22.7 Å². The number of carbonyl (C=O) groups excluding carboxylic acids is 3. The van der Waals surface area contributed by atoms with Crippen LogP contribution in [-0.4, -0.2) is 29.0 Å². The van der Waals surface area contributed by atoms with Gasteiger partial charge in [0.25, 0.3) is 11.8 Å². The third kappa shape index (κ3) is 2.47. The molecule has 100 valence electrons. The Hall–Kier alpha value is -1.49. The van der Waals surface area contributed by atoms with Crippen LogP contribution < -0.4 is 0 Å². The van der Waals surface area contributed by atoms with Gasteiger partial charge in [-0.05, 0) is 24.6 Å². The number of imide groups is 1. The van der Waals surface area contributed by atoms with Crippen LogP contribution >= 0.6 is 15.9 Å². The minimum Gasteiger partial charge on any atom is -0.297 e. The van der Waals surface area contributed by atoms with Crippen molar-refractivity contribution in [1.82, 2.24) is 4.90 Å². The number of hydrogen-bond acceptors (Lipinski definition) is 3. The summed E-state index contributed by atoms with van der Waals surface area (Å²) in [4.78, 5) is 37.2. The molecule has 0 aromatic heterocycles. The molecule has 2 amide bonds. The zero-order valence-corrected chi connectivity index (χ0v) is 12.4. The van der Waals surface area contributed by atoms with Gasteiger partial charge in [-0.3, -0.25) is 19.3 Å². The lowest BCUT2D eigenvalue weighted by atomic mass is 10.0. The van der Waals surface area contributed by atoms with Crippen LogP contribution in [0, 0.1) is 5.92 Å². The average Bonchev–Trinajstić information content (AvgIpc) is 2.62. The van der Waals surface area contributed by atoms with E-state index in [9.17, 15) is 14.4 Å². The number of carbonyl (C=O) groups is 3. The molecule has 0 fully saturated rings. The first-order valence-electron chi connectivity index (χ1n) is 6.14. The van der Waals surface area contributed by atoms with E-state index in [0.717, 1.165) is 9.37 Å². The number of Topliss-reactive ketones (excluding diaryl/α,β-unsaturated/α-hetero) is 1. The van der Waals surface area contributed by atoms with Gasteiger partial charge in [-0.1, -0.05) is 29.8 Å². The highest BCUT2D eigenvalue weighted by atomic mass is 79.9. The predicted molar refractivity (Wildman–Crippen MR) is 74.0 cm³/mol. The number of fused-ring (bicyclic) bond motifs is 1. The minimum absolute atomic E-state index is 0.0870. The van der Waals surface area contributed by atoms with Crippen molar-refractivity contribution in [3.05, 3.63) is 33.8 Å². The van der Waals surface area contributed by atoms with Gasteiger partial charge in [-0.2, -0.15) is 0 Å². The predicted octanol–water partition coefficient (Wildman–Crippen LogP) is 2.66. The van der Waals surface area contributed by atoms with E-state index >= 15 is 0 Å². The molecular formula is C14H14BrNO3. The summed E-state index contributed by atoms with van der Waals surface area (Å²) < 4.78 is 0.738. The second kappa shape index (κ2) is 5.25. The van der Waals surface area contributed by atoms with Crippen molar-refractivity contribution in [3.63, 3.8) is 0 Å². The molecule has 1 aromatic carbocycles. The van der Waals surface area contributed by atoms with Gasteiger partial charge >= 0.3 is 0 Å². The summed E-state index contributed by atoms with van der Waals surface area (Å²) >= 11 is 3.27. The van der Waals surface area contributed by atoms with Gasteiger partial charge in [-0.15, -0.1) is 0 Å². The van der Waals surface area contributed by atoms with E-state index in [1.54, 1.807) is 25.1 Å². The summed E-state index contributed by atoms with van der Waals surface area (Å²) in [7, 11) is 0. The van der Waals surface area contributed by atoms with Crippen molar-refractivity contribution in [3.8, 4) is 0 Å². The quantitative estimate of drug-likeness (QED) is 0.800. The molecule has 1 heterocycles. The first kappa shape index (κ1) is 13.9. The topological polar surface area (TPSA) is 54.5 Å². The van der Waals surface area contributed by atoms with Crippen molar-refractivity contribution in [2.75, 3.05) is 6.54 Å². The van der Waals surface area contributed by atoms with Crippen LogP contribution in [0.25, 0.3) is 0 Å². The fraction of sp³-hybridized carbons (Fsp3) is 0.357. The van der Waals surface area contributed by atoms with Crippen LogP contribution in [0.3, 0.4) is 0 Å². The number of ketones is 1. The van der Waals surface area contributed by atoms with Crippen molar-refractivity contribution >= 4 is 33.5 Å². The van der Waals surface area contributed by atoms with Gasteiger partial charge in [0, 0.05) is 10.4 Å². The molecule has 5 heteroatoms. The molecular weight excluding hydrogens is 310 g/mol. The smallest absolute Gasteiger partial charge is 0.262 e. The fourth-order valence-corrected chi connectivity index (χ4v) is 2.31. The molecule has 0 aliphatic carbocycles. The highest BCUT2D eigenvalue weighted by Gasteiger charge is 2.37. The minimum atomic E-state index is -0.391. The van der Waals surface area contributed by atoms with Crippen LogP contribution in [0.5, 0.6) is 0 Å². The summed E-state index contributed by atoms with van der Waals surface area (Å²) in [6, 6.07) is 4.93. The van der Waals surface area contributed by atoms with E-state index < -0.39 is 5.91 Å². The lowest BCUT2D eigenvalue weighted by molar-refractivity contribution is -0.122. The Morgan fingerprint density at radius 3 is 2.53 bits per heavy atom. The summed E-state index contributed by atoms with van der Waals surface area (Å²) in [5.74, 6) is -1.01. The van der Waals surface area contributed by atoms with Crippen molar-refractivity contribution in [2.45, 2.75) is 20.3 Å². The molecule has 0 radical (unpaired) electrons. The second-order valence-corrected chi connectivity index (χ2v) is 5.58. The number of hydrogen-bond donors (Lipinski definition) is 0. The first-order valence-corrected chi connectivity index (χ1v) is 6.93. The third-order valence-corrected chi connectivity index (χ3v) is 3.90. The summed E-state index contributed by atoms with van der Waals surface area (Å²) in [6.45, 7) is 3.57. The Morgan fingerprint density at radius 1 is 1.26 bits per heavy atom. The number of amides is 2. The first-order chi connectivity index (χ1) is 8.95. The molecule has 1 aliphatic heterocycles. The molecule has 1 aromatic rings. The van der Waals surface area contributed by atoms with Gasteiger partial charge in [-0.25, -0.2) is 0 Å². The van der Waals surface area contributed by atoms with Gasteiger partial charge in [0.05, 0.1) is 17.7 Å². The SMILES string of the molecule is CCC(C)C(=O)CN1C(=O)c2ccc(Br)cc2C1=O. The zero-order chi connectivity index (χ0) is 14.2. The van der Waals surface area contributed by atoms with Gasteiger partial charge in [0.1, 0.15) is 0 Å². The maximum absolute atomic E-state index is 12.1. The highest BCUT2D eigenvalue weighted by molar-refractivity contribution is 9.10. The molecule has 4 nitrogen and oxygen atoms in total. The third-order valence-electron chi connectivity index (χ3n) is 3.41. The lowest BCUT2D eigenvalue weighted by Crippen LogP contribution is -2.36. The fourth-order valence-electron chi connectivity index (χ4n) is 1.95. The van der Waals surface area contributed by atoms with E-state index in [-0.39, 0.29) is 24.2 Å². The Labute approximate surface area is 119 Å². The van der Waals surface area contributed by atoms with Gasteiger partial charge in [0.15, 0.2) is 5.78 Å². The number of rotatable bonds is 4. The maximum Gasteiger partial charge on any atom is 0.262 e. The van der Waals surface area contributed by atoms with Crippen molar-refractivity contribution < 1.29 is 14.4 Å². The Kier molecular flexibility index (Phi) is 3.85. The second-order valence-electron chi connectivity index (χ2n) is 4.66. The largest absolute Gasteiger partial charge is 0.297 e. The molecule has 0 saturated heterocycles. The van der Waals surface area contributed by atoms with Crippen molar-refractivity contribution in [1.29, 1.82) is 0 Å². The summed E-state index contributed by atoms with van der Waals surface area (Å²) in [5.41, 5.74) is 0.724. The average molecular weight is 324 g/mol. The monoisotopic (exact) mass is 323 g/mol. The number of nitrogens with zero attached hydrogens (tertiary/aromatic N) is 1. The standard InChI is InChI=1S/C14H14BrNO3/c1-3-8(2)12(17)7-16-13(18)10-5-4-9(15)6-11(10)14(16)19/h4-6,8H,3,7H2,1-2H3. The van der Waals surface area contributed by atoms with E-state index in [1.165, 1.54) is 0 Å². The molecule has 0 saturated carbocycles. The molecule has 1 atom stereocenters. The highest BCUT2D eigenvalue weighted by Crippen LogP contribution is 2.26. The van der Waals surface area contributed by atoms with Crippen LogP contribution in [0.2, 0.25) is 0 Å². The van der Waals surface area contributed by atoms with E-state index in [1.807, 2.05) is 6.92 Å². The lowest BCUT2D eigenvalue weighted by Gasteiger charge is -2.15. The molecule has 1 aliphatic rings. The van der Waals surface area contributed by atoms with Gasteiger partial charge < -0.3 is 0 Å². The van der Waals surface area contributed by atoms with Crippen LogP contribution in [0.4, 0.5) is 0 Å². The van der Waals surface area contributed by atoms with Gasteiger partial charge in [0.2, 0.25) is 0 Å². The number of benzene rings is 1. The van der Waals surface area contributed by atoms with Crippen LogP contribution in [0.1, 0.15) is 41.0 Å². The summed E-state index contributed by atoms with van der Waals surface area (Å²) in [6.07, 6.45) is 0.702. The molecule has 19 heavy (non-hydrogen) atoms. The maximum atomic E-state index is 12.1. The molecule has 0 N–H and O–H groups in total. The van der Waals surface area contributed by atoms with E-state index in [2.05, 4.69) is 15.9 Å². The molecule has 1 unspecified atom stereocenters. The number of halogens is 1. The summed E-state index contributed by atoms with van der Waals surface area (Å²) in [5, 5.41) is 0. The Bertz CT molecular complexity index is 568. The molecule has 2 rings (SSSR count). The van der Waals surface area contributed by atoms with Crippen molar-refractivity contribution in [2.24, 2.45) is 5.92 Å². The molecule has 0 spiro atoms. The Morgan fingerprint density at radius 2 is 1.89 bits per heavy atom. The van der Waals surface area contributed by atoms with E-state index in [4.69, 9.17) is 0 Å². The Balaban J connectivity index is 2.25. The normalized spacial score (nSPS) is 15.6. The zero-order valence-electron chi connectivity index (χ0n) is 10.8. The van der Waals surface area contributed by atoms with Crippen LogP contribution in [-0.2, 0) is 4.79 Å². The van der Waals surface area contributed by atoms with E-state index in [0.29, 0.717) is 17.5 Å².